The SMILES string of the molecule is COc1cc(C(C)c2ccc(C)c(CN(C)S(=O)(=O)c3ccc(OCCCCCCNC(=O)CN4CCN(c5ccc(Nc6ncc(Cl)c(-c7sc(C)nc7C)n6)cc5)CC4)cc3)c2)cc2nnn(C)c12. The Morgan fingerprint density at radius 1 is 0.915 bits per heavy atom. The number of carbonyl (C=O) groups excluding carboxylic acids is 1. The summed E-state index contributed by atoms with van der Waals surface area (Å²) in [5.41, 5.74) is 9.17. The van der Waals surface area contributed by atoms with Gasteiger partial charge in [0.25, 0.3) is 0 Å². The number of aryl methyl sites for hydroxylation is 4. The zero-order valence-electron chi connectivity index (χ0n) is 41.4. The van der Waals surface area contributed by atoms with Crippen molar-refractivity contribution < 1.29 is 22.7 Å². The monoisotopic (exact) mass is 1020 g/mol. The number of piperazine rings is 1. The van der Waals surface area contributed by atoms with Gasteiger partial charge in [0.1, 0.15) is 28.2 Å². The Bertz CT molecular complexity index is 3070. The van der Waals surface area contributed by atoms with E-state index in [4.69, 9.17) is 21.1 Å². The molecule has 71 heavy (non-hydrogen) atoms. The molecule has 0 bridgehead atoms. The number of benzene rings is 4. The molecule has 16 nitrogen and oxygen atoms in total. The van der Waals surface area contributed by atoms with Crippen LogP contribution >= 0.6 is 22.9 Å². The summed E-state index contributed by atoms with van der Waals surface area (Å²) in [6.45, 7) is 13.1. The van der Waals surface area contributed by atoms with Crippen molar-refractivity contribution in [3.8, 4) is 22.1 Å². The second-order valence-electron chi connectivity index (χ2n) is 18.0. The van der Waals surface area contributed by atoms with Gasteiger partial charge in [-0.05, 0) is 117 Å². The molecule has 1 aliphatic rings. The van der Waals surface area contributed by atoms with Crippen molar-refractivity contribution >= 4 is 67.2 Å². The van der Waals surface area contributed by atoms with E-state index in [0.717, 1.165) is 112 Å². The summed E-state index contributed by atoms with van der Waals surface area (Å²) in [4.78, 5) is 32.0. The first-order valence-electron chi connectivity index (χ1n) is 23.9. The van der Waals surface area contributed by atoms with Gasteiger partial charge in [-0.2, -0.15) is 4.31 Å². The number of carbonyl (C=O) groups is 1. The Balaban J connectivity index is 0.701. The highest BCUT2D eigenvalue weighted by atomic mass is 35.5. The number of anilines is 3. The molecule has 19 heteroatoms. The summed E-state index contributed by atoms with van der Waals surface area (Å²) in [7, 11) is 1.32. The van der Waals surface area contributed by atoms with Gasteiger partial charge in [-0.15, -0.1) is 16.4 Å². The van der Waals surface area contributed by atoms with Gasteiger partial charge in [0.15, 0.2) is 0 Å². The molecule has 1 atom stereocenters. The lowest BCUT2D eigenvalue weighted by Crippen LogP contribution is -2.49. The molecular formula is C52H62ClN11O5S2. The highest BCUT2D eigenvalue weighted by Crippen LogP contribution is 2.35. The van der Waals surface area contributed by atoms with E-state index in [-0.39, 0.29) is 23.3 Å². The number of amides is 1. The van der Waals surface area contributed by atoms with E-state index in [1.807, 2.05) is 58.2 Å². The second kappa shape index (κ2) is 22.9. The summed E-state index contributed by atoms with van der Waals surface area (Å²) >= 11 is 8.02. The fourth-order valence-corrected chi connectivity index (χ4v) is 11.1. The van der Waals surface area contributed by atoms with Crippen LogP contribution in [0.2, 0.25) is 5.02 Å². The van der Waals surface area contributed by atoms with Gasteiger partial charge in [0, 0.05) is 70.7 Å². The topological polar surface area (TPSA) is 173 Å². The third-order valence-corrected chi connectivity index (χ3v) is 16.1. The number of methoxy groups -OCH3 is 1. The van der Waals surface area contributed by atoms with Crippen molar-refractivity contribution in [2.75, 3.05) is 70.2 Å². The van der Waals surface area contributed by atoms with Crippen LogP contribution in [0, 0.1) is 20.8 Å². The van der Waals surface area contributed by atoms with E-state index in [1.54, 1.807) is 60.6 Å². The van der Waals surface area contributed by atoms with Gasteiger partial charge < -0.3 is 25.0 Å². The maximum absolute atomic E-state index is 13.7. The van der Waals surface area contributed by atoms with Crippen LogP contribution in [0.4, 0.5) is 17.3 Å². The number of nitrogens with zero attached hydrogens (tertiary/aromatic N) is 9. The van der Waals surface area contributed by atoms with Crippen LogP contribution in [0.25, 0.3) is 21.6 Å². The summed E-state index contributed by atoms with van der Waals surface area (Å²) in [6.07, 6.45) is 5.28. The van der Waals surface area contributed by atoms with Gasteiger partial charge in [-0.3, -0.25) is 9.69 Å². The number of sulfonamides is 1. The molecule has 8 rings (SSSR count). The van der Waals surface area contributed by atoms with Gasteiger partial charge in [0.2, 0.25) is 21.9 Å². The van der Waals surface area contributed by atoms with E-state index in [1.165, 1.54) is 4.31 Å². The number of unbranched alkanes of at least 4 members (excludes halogenated alkanes) is 3. The first-order chi connectivity index (χ1) is 34.2. The van der Waals surface area contributed by atoms with E-state index in [9.17, 15) is 13.2 Å². The van der Waals surface area contributed by atoms with E-state index < -0.39 is 10.0 Å². The van der Waals surface area contributed by atoms with Gasteiger partial charge >= 0.3 is 0 Å². The van der Waals surface area contributed by atoms with E-state index >= 15 is 0 Å². The first-order valence-corrected chi connectivity index (χ1v) is 26.5. The van der Waals surface area contributed by atoms with Crippen molar-refractivity contribution in [3.63, 3.8) is 0 Å². The van der Waals surface area contributed by atoms with Crippen LogP contribution in [0.1, 0.15) is 71.5 Å². The predicted octanol–water partition coefficient (Wildman–Crippen LogP) is 9.06. The Morgan fingerprint density at radius 3 is 2.38 bits per heavy atom. The van der Waals surface area contributed by atoms with Gasteiger partial charge in [-0.25, -0.2) is 28.1 Å². The fourth-order valence-electron chi connectivity index (χ4n) is 8.76. The zero-order valence-corrected chi connectivity index (χ0v) is 43.8. The minimum atomic E-state index is -3.77. The highest BCUT2D eigenvalue weighted by Gasteiger charge is 2.24. The van der Waals surface area contributed by atoms with Crippen LogP contribution < -0.4 is 25.0 Å². The largest absolute Gasteiger partial charge is 0.494 e. The Morgan fingerprint density at radius 2 is 1.66 bits per heavy atom. The Labute approximate surface area is 425 Å². The van der Waals surface area contributed by atoms with Crippen molar-refractivity contribution in [1.82, 2.24) is 44.5 Å². The second-order valence-corrected chi connectivity index (χ2v) is 21.7. The summed E-state index contributed by atoms with van der Waals surface area (Å²) in [5, 5.41) is 16.3. The lowest BCUT2D eigenvalue weighted by molar-refractivity contribution is -0.122. The molecule has 1 unspecified atom stereocenters. The number of halogens is 1. The molecule has 1 aliphatic heterocycles. The number of hydrogen-bond donors (Lipinski definition) is 2. The van der Waals surface area contributed by atoms with Crippen LogP contribution in [-0.2, 0) is 28.4 Å². The maximum Gasteiger partial charge on any atom is 0.243 e. The lowest BCUT2D eigenvalue weighted by Gasteiger charge is -2.35. The number of aromatic nitrogens is 6. The van der Waals surface area contributed by atoms with Gasteiger partial charge in [-0.1, -0.05) is 54.8 Å². The Hall–Kier alpha value is -6.18. The highest BCUT2D eigenvalue weighted by molar-refractivity contribution is 7.89. The number of ether oxygens (including phenoxy) is 2. The summed E-state index contributed by atoms with van der Waals surface area (Å²) < 4.78 is 42.1. The molecule has 7 aromatic rings. The maximum atomic E-state index is 13.7. The molecule has 0 radical (unpaired) electrons. The minimum absolute atomic E-state index is 0.00234. The number of fused-ring (bicyclic) bond motifs is 1. The lowest BCUT2D eigenvalue weighted by atomic mass is 9.90. The van der Waals surface area contributed by atoms with Crippen LogP contribution in [0.3, 0.4) is 0 Å². The molecular weight excluding hydrogens is 958 g/mol. The van der Waals surface area contributed by atoms with Crippen molar-refractivity contribution in [3.05, 3.63) is 123 Å². The predicted molar refractivity (Wildman–Crippen MR) is 282 cm³/mol. The molecule has 4 heterocycles. The molecule has 0 aliphatic carbocycles. The average molecular weight is 1020 g/mol. The average Bonchev–Trinajstić information content (AvgIpc) is 3.92. The van der Waals surface area contributed by atoms with E-state index in [2.05, 4.69) is 76.9 Å². The molecule has 2 N–H and O–H groups in total. The number of rotatable bonds is 21. The normalized spacial score (nSPS) is 13.7. The number of thiazole rings is 1. The molecule has 374 valence electrons. The quantitative estimate of drug-likeness (QED) is 0.0654. The van der Waals surface area contributed by atoms with Crippen molar-refractivity contribution in [2.45, 2.75) is 70.7 Å². The van der Waals surface area contributed by atoms with Crippen LogP contribution in [-0.4, -0.2) is 114 Å². The van der Waals surface area contributed by atoms with Crippen LogP contribution in [0.5, 0.6) is 11.5 Å². The molecule has 3 aromatic heterocycles. The molecule has 1 fully saturated rings. The molecule has 1 amide bonds. The molecule has 0 spiro atoms. The summed E-state index contributed by atoms with van der Waals surface area (Å²) in [5.74, 6) is 1.84. The number of nitrogens with one attached hydrogen (secondary N) is 2. The van der Waals surface area contributed by atoms with Crippen molar-refractivity contribution in [2.24, 2.45) is 7.05 Å². The molecule has 1 saturated heterocycles. The van der Waals surface area contributed by atoms with Gasteiger partial charge in [0.05, 0.1) is 52.0 Å². The van der Waals surface area contributed by atoms with Crippen LogP contribution in [0.15, 0.2) is 90.0 Å². The van der Waals surface area contributed by atoms with E-state index in [0.29, 0.717) is 47.9 Å². The third-order valence-electron chi connectivity index (χ3n) is 13.0. The fraction of sp³-hybridized carbons (Fsp3) is 0.385. The van der Waals surface area contributed by atoms with Crippen molar-refractivity contribution in [1.29, 1.82) is 0 Å². The molecule has 0 saturated carbocycles. The standard InChI is InChI=1S/C52H62ClN11O5S2/c1-34-12-13-38(35(2)39-29-46-50(47(30-39)68-7)62(6)60-59-46)28-40(34)32-61(5)71(66,67)44-20-18-43(19-21-44)69-27-11-9-8-10-22-54-48(65)33-63-23-25-64(26-24-63)42-16-14-41(15-17-42)57-52-55-31-45(53)49(58-52)51-36(3)56-37(4)70-51/h12-21,28-31,35H,8-11,22-27,32-33H2,1-7H3,(H,54,65)(H,55,57,58). The third kappa shape index (κ3) is 12.5. The summed E-state index contributed by atoms with van der Waals surface area (Å²) in [6, 6.07) is 25.1. The minimum Gasteiger partial charge on any atom is -0.494 e. The Kier molecular flexibility index (Phi) is 16.5. The smallest absolute Gasteiger partial charge is 0.243 e. The first kappa shape index (κ1) is 51.2. The molecule has 4 aromatic carbocycles. The zero-order chi connectivity index (χ0) is 50.2. The number of hydrogen-bond acceptors (Lipinski definition) is 14.